The van der Waals surface area contributed by atoms with Gasteiger partial charge in [-0.05, 0) is 31.2 Å². The molecule has 0 aliphatic carbocycles. The molecule has 1 aromatic heterocycles. The second-order valence-electron chi connectivity index (χ2n) is 5.79. The number of esters is 1. The summed E-state index contributed by atoms with van der Waals surface area (Å²) < 4.78 is 5.05. The van der Waals surface area contributed by atoms with E-state index < -0.39 is 17.9 Å². The van der Waals surface area contributed by atoms with Crippen LogP contribution < -0.4 is 10.6 Å². The predicted molar refractivity (Wildman–Crippen MR) is 108 cm³/mol. The first kappa shape index (κ1) is 20.2. The molecule has 1 atom stereocenters. The van der Waals surface area contributed by atoms with Gasteiger partial charge in [-0.25, -0.2) is 4.79 Å². The van der Waals surface area contributed by atoms with E-state index in [0.717, 1.165) is 11.3 Å². The number of benzene rings is 2. The largest absolute Gasteiger partial charge is 0.464 e. The molecule has 2 aromatic carbocycles. The van der Waals surface area contributed by atoms with E-state index >= 15 is 0 Å². The second kappa shape index (κ2) is 9.56. The number of hydrogen-bond acceptors (Lipinski definition) is 7. The molecule has 3 rings (SSSR count). The molecular weight excluding hydrogens is 392 g/mol. The Hall–Kier alpha value is -3.59. The van der Waals surface area contributed by atoms with Crippen LogP contribution in [0.25, 0.3) is 0 Å². The molecule has 0 spiro atoms. The van der Waals surface area contributed by atoms with Gasteiger partial charge in [0.15, 0.2) is 11.0 Å². The van der Waals surface area contributed by atoms with Gasteiger partial charge in [0, 0.05) is 11.1 Å². The van der Waals surface area contributed by atoms with Gasteiger partial charge in [-0.2, -0.15) is 0 Å². The zero-order valence-electron chi connectivity index (χ0n) is 15.5. The van der Waals surface area contributed by atoms with Crippen LogP contribution in [0.2, 0.25) is 0 Å². The Labute approximate surface area is 170 Å². The van der Waals surface area contributed by atoms with Crippen LogP contribution in [0.15, 0.2) is 60.7 Å². The molecule has 2 N–H and O–H groups in total. The van der Waals surface area contributed by atoms with E-state index in [1.807, 2.05) is 0 Å². The van der Waals surface area contributed by atoms with Gasteiger partial charge < -0.3 is 10.1 Å². The van der Waals surface area contributed by atoms with Gasteiger partial charge >= 0.3 is 5.97 Å². The van der Waals surface area contributed by atoms with Crippen molar-refractivity contribution in [2.45, 2.75) is 13.0 Å². The van der Waals surface area contributed by atoms with Crippen molar-refractivity contribution in [1.82, 2.24) is 15.5 Å². The fourth-order valence-corrected chi connectivity index (χ4v) is 3.19. The van der Waals surface area contributed by atoms with Crippen molar-refractivity contribution < 1.29 is 19.1 Å². The summed E-state index contributed by atoms with van der Waals surface area (Å²) in [4.78, 5) is 37.1. The van der Waals surface area contributed by atoms with Crippen molar-refractivity contribution in [1.29, 1.82) is 0 Å². The molecule has 29 heavy (non-hydrogen) atoms. The number of rotatable bonds is 7. The Morgan fingerprint density at radius 2 is 1.52 bits per heavy atom. The highest BCUT2D eigenvalue weighted by Crippen LogP contribution is 2.24. The fourth-order valence-electron chi connectivity index (χ4n) is 2.41. The average molecular weight is 410 g/mol. The first-order valence-corrected chi connectivity index (χ1v) is 9.62. The van der Waals surface area contributed by atoms with E-state index in [1.165, 1.54) is 0 Å². The first-order valence-electron chi connectivity index (χ1n) is 8.81. The van der Waals surface area contributed by atoms with Gasteiger partial charge in [0.2, 0.25) is 5.13 Å². The predicted octanol–water partition coefficient (Wildman–Crippen LogP) is 2.82. The molecule has 0 radical (unpaired) electrons. The van der Waals surface area contributed by atoms with Crippen molar-refractivity contribution in [3.05, 3.63) is 76.8 Å². The number of anilines is 1. The number of ether oxygens (including phenoxy) is 1. The third kappa shape index (κ3) is 5.23. The summed E-state index contributed by atoms with van der Waals surface area (Å²) in [5, 5.41) is 13.5. The van der Waals surface area contributed by atoms with Crippen LogP contribution in [-0.2, 0) is 9.53 Å². The Bertz CT molecular complexity index is 992. The lowest BCUT2D eigenvalue weighted by atomic mass is 10.2. The average Bonchev–Trinajstić information content (AvgIpc) is 3.21. The smallest absolute Gasteiger partial charge is 0.335 e. The Balaban J connectivity index is 1.77. The highest BCUT2D eigenvalue weighted by atomic mass is 32.1. The minimum atomic E-state index is -1.14. The zero-order chi connectivity index (χ0) is 20.6. The van der Waals surface area contributed by atoms with Crippen LogP contribution >= 0.6 is 11.3 Å². The third-order valence-corrected chi connectivity index (χ3v) is 4.68. The zero-order valence-corrected chi connectivity index (χ0v) is 16.3. The minimum absolute atomic E-state index is 0.146. The van der Waals surface area contributed by atoms with Gasteiger partial charge in [-0.3, -0.25) is 14.9 Å². The van der Waals surface area contributed by atoms with Gasteiger partial charge in [0.25, 0.3) is 11.8 Å². The molecule has 3 aromatic rings. The summed E-state index contributed by atoms with van der Waals surface area (Å²) >= 11 is 0.986. The first-order chi connectivity index (χ1) is 14.1. The maximum atomic E-state index is 12.5. The van der Waals surface area contributed by atoms with Crippen molar-refractivity contribution in [2.24, 2.45) is 0 Å². The van der Waals surface area contributed by atoms with Gasteiger partial charge in [0.1, 0.15) is 0 Å². The summed E-state index contributed by atoms with van der Waals surface area (Å²) in [7, 11) is 0. The molecule has 148 valence electrons. The summed E-state index contributed by atoms with van der Waals surface area (Å²) in [6, 6.07) is 16.0. The topological polar surface area (TPSA) is 110 Å². The highest BCUT2D eigenvalue weighted by molar-refractivity contribution is 7.15. The molecule has 0 aliphatic heterocycles. The van der Waals surface area contributed by atoms with E-state index in [-0.39, 0.29) is 22.7 Å². The lowest BCUT2D eigenvalue weighted by Crippen LogP contribution is -2.35. The number of nitrogens with one attached hydrogen (secondary N) is 2. The standard InChI is InChI=1S/C20H18N4O4S/c1-2-28-19(27)15(21-16(25)13-9-5-3-6-10-13)18-23-24-20(29-18)22-17(26)14-11-7-4-8-12-14/h3-12,15H,2H2,1H3,(H,21,25)(H,22,24,26)/t15-/m0/s1. The minimum Gasteiger partial charge on any atom is -0.464 e. The van der Waals surface area contributed by atoms with Crippen molar-refractivity contribution in [3.8, 4) is 0 Å². The van der Waals surface area contributed by atoms with Crippen molar-refractivity contribution >= 4 is 34.3 Å². The molecular formula is C20H18N4O4S. The van der Waals surface area contributed by atoms with Crippen molar-refractivity contribution in [3.63, 3.8) is 0 Å². The molecule has 0 saturated heterocycles. The highest BCUT2D eigenvalue weighted by Gasteiger charge is 2.28. The quantitative estimate of drug-likeness (QED) is 0.580. The third-order valence-electron chi connectivity index (χ3n) is 3.78. The molecule has 0 saturated carbocycles. The number of aromatic nitrogens is 2. The van der Waals surface area contributed by atoms with Gasteiger partial charge in [0.05, 0.1) is 6.61 Å². The molecule has 8 nitrogen and oxygen atoms in total. The summed E-state index contributed by atoms with van der Waals surface area (Å²) in [5.41, 5.74) is 0.854. The number of hydrogen-bond donors (Lipinski definition) is 2. The van der Waals surface area contributed by atoms with Crippen molar-refractivity contribution in [2.75, 3.05) is 11.9 Å². The maximum Gasteiger partial charge on any atom is 0.335 e. The van der Waals surface area contributed by atoms with Gasteiger partial charge in [-0.1, -0.05) is 47.7 Å². The molecule has 2 amide bonds. The number of carbonyl (C=O) groups excluding carboxylic acids is 3. The second-order valence-corrected chi connectivity index (χ2v) is 6.80. The Morgan fingerprint density at radius 3 is 2.10 bits per heavy atom. The van der Waals surface area contributed by atoms with Crippen LogP contribution in [0.5, 0.6) is 0 Å². The monoisotopic (exact) mass is 410 g/mol. The molecule has 0 fully saturated rings. The van der Waals surface area contributed by atoms with Crippen LogP contribution in [0.4, 0.5) is 5.13 Å². The van der Waals surface area contributed by atoms with E-state index in [2.05, 4.69) is 20.8 Å². The summed E-state index contributed by atoms with van der Waals surface area (Å²) in [5.74, 6) is -1.46. The van der Waals surface area contributed by atoms with E-state index in [4.69, 9.17) is 4.74 Å². The number of carbonyl (C=O) groups is 3. The van der Waals surface area contributed by atoms with Crippen LogP contribution in [0.1, 0.15) is 38.7 Å². The Morgan fingerprint density at radius 1 is 0.931 bits per heavy atom. The maximum absolute atomic E-state index is 12.5. The van der Waals surface area contributed by atoms with E-state index in [1.54, 1.807) is 67.6 Å². The van der Waals surface area contributed by atoms with E-state index in [0.29, 0.717) is 11.1 Å². The van der Waals surface area contributed by atoms with Crippen LogP contribution in [-0.4, -0.2) is 34.6 Å². The molecule has 0 aliphatic rings. The van der Waals surface area contributed by atoms with E-state index in [9.17, 15) is 14.4 Å². The molecule has 0 bridgehead atoms. The Kier molecular flexibility index (Phi) is 6.64. The summed E-state index contributed by atoms with van der Waals surface area (Å²) in [6.45, 7) is 1.81. The lowest BCUT2D eigenvalue weighted by Gasteiger charge is -2.14. The molecule has 0 unspecified atom stereocenters. The van der Waals surface area contributed by atoms with Crippen LogP contribution in [0.3, 0.4) is 0 Å². The lowest BCUT2D eigenvalue weighted by molar-refractivity contribution is -0.145. The normalized spacial score (nSPS) is 11.3. The molecule has 1 heterocycles. The van der Waals surface area contributed by atoms with Gasteiger partial charge in [-0.15, -0.1) is 10.2 Å². The number of amides is 2. The SMILES string of the molecule is CCOC(=O)[C@@H](NC(=O)c1ccccc1)c1nnc(NC(=O)c2ccccc2)s1. The fraction of sp³-hybridized carbons (Fsp3) is 0.150. The van der Waals surface area contributed by atoms with Crippen LogP contribution in [0, 0.1) is 0 Å². The summed E-state index contributed by atoms with van der Waals surface area (Å²) in [6.07, 6.45) is 0. The molecule has 9 heteroatoms. The number of nitrogens with zero attached hydrogens (tertiary/aromatic N) is 2.